The van der Waals surface area contributed by atoms with Gasteiger partial charge < -0.3 is 10.5 Å². The van der Waals surface area contributed by atoms with Gasteiger partial charge in [-0.15, -0.1) is 0 Å². The van der Waals surface area contributed by atoms with E-state index in [1.807, 2.05) is 20.8 Å². The lowest BCUT2D eigenvalue weighted by atomic mass is 9.88. The van der Waals surface area contributed by atoms with Gasteiger partial charge in [0.15, 0.2) is 11.9 Å². The molecule has 13 heavy (non-hydrogen) atoms. The maximum Gasteiger partial charge on any atom is 0.405 e. The summed E-state index contributed by atoms with van der Waals surface area (Å²) in [7, 11) is 0. The molecule has 0 aromatic heterocycles. The van der Waals surface area contributed by atoms with Crippen LogP contribution in [0.5, 0.6) is 0 Å². The monoisotopic (exact) mass is 185 g/mol. The Labute approximate surface area is 77.4 Å². The Morgan fingerprint density at radius 3 is 2.38 bits per heavy atom. The molecule has 0 spiro atoms. The van der Waals surface area contributed by atoms with Crippen LogP contribution in [0, 0.1) is 11.3 Å². The number of nitrogens with two attached hydrogens (primary N) is 1. The van der Waals surface area contributed by atoms with Crippen LogP contribution in [-0.2, 0) is 9.53 Å². The van der Waals surface area contributed by atoms with E-state index in [9.17, 15) is 9.59 Å². The summed E-state index contributed by atoms with van der Waals surface area (Å²) in [6.45, 7) is 6.02. The molecule has 1 saturated carbocycles. The SMILES string of the molecule is CC(C)(C)C1CC1(C=O)OC(N)=O. The van der Waals surface area contributed by atoms with Gasteiger partial charge in [-0.2, -0.15) is 0 Å². The predicted molar refractivity (Wildman–Crippen MR) is 47.0 cm³/mol. The summed E-state index contributed by atoms with van der Waals surface area (Å²) in [5.41, 5.74) is 3.91. The highest BCUT2D eigenvalue weighted by atomic mass is 16.6. The number of rotatable bonds is 2. The van der Waals surface area contributed by atoms with Crippen LogP contribution in [0.1, 0.15) is 27.2 Å². The molecule has 1 aliphatic rings. The first-order chi connectivity index (χ1) is 5.82. The van der Waals surface area contributed by atoms with Crippen molar-refractivity contribution >= 4 is 12.4 Å². The maximum absolute atomic E-state index is 10.7. The van der Waals surface area contributed by atoms with Gasteiger partial charge in [-0.1, -0.05) is 20.8 Å². The molecule has 0 bridgehead atoms. The first-order valence-corrected chi connectivity index (χ1v) is 4.26. The van der Waals surface area contributed by atoms with Crippen molar-refractivity contribution in [3.05, 3.63) is 0 Å². The fourth-order valence-electron chi connectivity index (χ4n) is 1.75. The molecule has 74 valence electrons. The van der Waals surface area contributed by atoms with Crippen molar-refractivity contribution in [3.63, 3.8) is 0 Å². The number of carbonyl (C=O) groups is 2. The van der Waals surface area contributed by atoms with Gasteiger partial charge in [-0.25, -0.2) is 4.79 Å². The van der Waals surface area contributed by atoms with Gasteiger partial charge in [0.05, 0.1) is 0 Å². The molecular weight excluding hydrogens is 170 g/mol. The van der Waals surface area contributed by atoms with Gasteiger partial charge in [-0.05, 0) is 5.41 Å². The third kappa shape index (κ3) is 1.82. The molecule has 1 fully saturated rings. The Morgan fingerprint density at radius 1 is 1.62 bits per heavy atom. The molecule has 2 N–H and O–H groups in total. The van der Waals surface area contributed by atoms with Gasteiger partial charge >= 0.3 is 6.09 Å². The highest BCUT2D eigenvalue weighted by Crippen LogP contribution is 2.55. The number of aldehydes is 1. The lowest BCUT2D eigenvalue weighted by Crippen LogP contribution is -2.30. The number of hydrogen-bond donors (Lipinski definition) is 1. The van der Waals surface area contributed by atoms with E-state index >= 15 is 0 Å². The third-order valence-electron chi connectivity index (χ3n) is 2.49. The smallest absolute Gasteiger partial charge is 0.405 e. The Morgan fingerprint density at radius 2 is 2.15 bits per heavy atom. The molecule has 1 amide bonds. The van der Waals surface area contributed by atoms with Gasteiger partial charge in [0.2, 0.25) is 0 Å². The summed E-state index contributed by atoms with van der Waals surface area (Å²) in [6, 6.07) is 0. The fraction of sp³-hybridized carbons (Fsp3) is 0.778. The molecule has 0 heterocycles. The highest BCUT2D eigenvalue weighted by Gasteiger charge is 2.62. The average molecular weight is 185 g/mol. The fourth-order valence-corrected chi connectivity index (χ4v) is 1.75. The van der Waals surface area contributed by atoms with Gasteiger partial charge in [-0.3, -0.25) is 4.79 Å². The molecule has 4 heteroatoms. The summed E-state index contributed by atoms with van der Waals surface area (Å²) >= 11 is 0. The quantitative estimate of drug-likeness (QED) is 0.654. The van der Waals surface area contributed by atoms with Crippen LogP contribution in [0.25, 0.3) is 0 Å². The second-order valence-corrected chi connectivity index (χ2v) is 4.62. The molecule has 0 aromatic rings. The Bertz CT molecular complexity index is 244. The molecule has 0 saturated heterocycles. The van der Waals surface area contributed by atoms with E-state index < -0.39 is 11.7 Å². The van der Waals surface area contributed by atoms with Crippen LogP contribution in [0.15, 0.2) is 0 Å². The topological polar surface area (TPSA) is 69.4 Å². The molecule has 4 nitrogen and oxygen atoms in total. The van der Waals surface area contributed by atoms with Crippen LogP contribution in [0.2, 0.25) is 0 Å². The van der Waals surface area contributed by atoms with E-state index in [0.717, 1.165) is 0 Å². The standard InChI is InChI=1S/C9H15NO3/c1-8(2,3)6-4-9(6,5-11)13-7(10)12/h5-6H,4H2,1-3H3,(H2,10,12). The number of carbonyl (C=O) groups excluding carboxylic acids is 2. The second-order valence-electron chi connectivity index (χ2n) is 4.62. The highest BCUT2D eigenvalue weighted by molar-refractivity contribution is 5.75. The summed E-state index contributed by atoms with van der Waals surface area (Å²) < 4.78 is 4.81. The molecule has 0 aromatic carbocycles. The van der Waals surface area contributed by atoms with Crippen molar-refractivity contribution < 1.29 is 14.3 Å². The molecule has 1 aliphatic carbocycles. The third-order valence-corrected chi connectivity index (χ3v) is 2.49. The number of amides is 1. The molecule has 0 radical (unpaired) electrons. The second kappa shape index (κ2) is 2.72. The molecular formula is C9H15NO3. The first-order valence-electron chi connectivity index (χ1n) is 4.26. The van der Waals surface area contributed by atoms with Crippen molar-refractivity contribution in [2.75, 3.05) is 0 Å². The zero-order chi connectivity index (χ0) is 10.3. The lowest BCUT2D eigenvalue weighted by molar-refractivity contribution is -0.118. The van der Waals surface area contributed by atoms with Crippen molar-refractivity contribution in [1.29, 1.82) is 0 Å². The van der Waals surface area contributed by atoms with Crippen LogP contribution in [0.3, 0.4) is 0 Å². The predicted octanol–water partition coefficient (Wildman–Crippen LogP) is 1.09. The Kier molecular flexibility index (Phi) is 2.10. The molecule has 0 aliphatic heterocycles. The summed E-state index contributed by atoms with van der Waals surface area (Å²) in [5, 5.41) is 0. The van der Waals surface area contributed by atoms with E-state index in [0.29, 0.717) is 12.7 Å². The number of hydrogen-bond acceptors (Lipinski definition) is 3. The molecule has 2 atom stereocenters. The van der Waals surface area contributed by atoms with Crippen LogP contribution < -0.4 is 5.73 Å². The van der Waals surface area contributed by atoms with Crippen molar-refractivity contribution in [3.8, 4) is 0 Å². The van der Waals surface area contributed by atoms with Crippen LogP contribution >= 0.6 is 0 Å². The number of ether oxygens (including phenoxy) is 1. The normalized spacial score (nSPS) is 32.4. The van der Waals surface area contributed by atoms with Gasteiger partial charge in [0, 0.05) is 12.3 Å². The van der Waals surface area contributed by atoms with E-state index in [1.54, 1.807) is 0 Å². The maximum atomic E-state index is 10.7. The Hall–Kier alpha value is -1.06. The van der Waals surface area contributed by atoms with Crippen molar-refractivity contribution in [2.45, 2.75) is 32.8 Å². The lowest BCUT2D eigenvalue weighted by Gasteiger charge is -2.20. The van der Waals surface area contributed by atoms with E-state index in [1.165, 1.54) is 0 Å². The summed E-state index contributed by atoms with van der Waals surface area (Å²) in [6.07, 6.45) is 0.398. The van der Waals surface area contributed by atoms with E-state index in [2.05, 4.69) is 0 Å². The van der Waals surface area contributed by atoms with Crippen molar-refractivity contribution in [1.82, 2.24) is 0 Å². The average Bonchev–Trinajstić information content (AvgIpc) is 2.62. The largest absolute Gasteiger partial charge is 0.435 e. The summed E-state index contributed by atoms with van der Waals surface area (Å²) in [5.74, 6) is 0.0880. The zero-order valence-corrected chi connectivity index (χ0v) is 8.16. The number of primary amides is 1. The van der Waals surface area contributed by atoms with Crippen LogP contribution in [-0.4, -0.2) is 18.0 Å². The van der Waals surface area contributed by atoms with Crippen molar-refractivity contribution in [2.24, 2.45) is 17.1 Å². The first kappa shape index (κ1) is 10.0. The van der Waals surface area contributed by atoms with Gasteiger partial charge in [0.1, 0.15) is 0 Å². The minimum atomic E-state index is -0.940. The van der Waals surface area contributed by atoms with E-state index in [-0.39, 0.29) is 11.3 Å². The van der Waals surface area contributed by atoms with E-state index in [4.69, 9.17) is 10.5 Å². The summed E-state index contributed by atoms with van der Waals surface area (Å²) in [4.78, 5) is 21.3. The molecule has 2 unspecified atom stereocenters. The minimum absolute atomic E-state index is 0.0314. The zero-order valence-electron chi connectivity index (χ0n) is 8.16. The Balaban J connectivity index is 2.69. The minimum Gasteiger partial charge on any atom is -0.435 e. The van der Waals surface area contributed by atoms with Crippen LogP contribution in [0.4, 0.5) is 4.79 Å². The molecule has 1 rings (SSSR count). The van der Waals surface area contributed by atoms with Gasteiger partial charge in [0.25, 0.3) is 0 Å².